The molecule has 0 spiro atoms. The zero-order chi connectivity index (χ0) is 13.6. The van der Waals surface area contributed by atoms with Gasteiger partial charge < -0.3 is 4.98 Å². The first-order chi connectivity index (χ1) is 9.09. The van der Waals surface area contributed by atoms with Crippen molar-refractivity contribution in [2.45, 2.75) is 26.7 Å². The Morgan fingerprint density at radius 2 is 1.74 bits per heavy atom. The molecule has 1 aromatic heterocycles. The summed E-state index contributed by atoms with van der Waals surface area (Å²) in [6.07, 6.45) is 0. The van der Waals surface area contributed by atoms with Gasteiger partial charge in [0.05, 0.1) is 5.52 Å². The number of H-pyrrole nitrogens is 1. The second-order valence-electron chi connectivity index (χ2n) is 5.36. The average molecular weight is 251 g/mol. The van der Waals surface area contributed by atoms with Gasteiger partial charge in [-0.25, -0.2) is 0 Å². The van der Waals surface area contributed by atoms with Crippen LogP contribution in [0.25, 0.3) is 21.7 Å². The molecule has 0 amide bonds. The van der Waals surface area contributed by atoms with Crippen molar-refractivity contribution in [1.29, 1.82) is 0 Å². The number of fused-ring (bicyclic) bond motifs is 3. The fourth-order valence-corrected chi connectivity index (χ4v) is 2.86. The number of rotatable bonds is 1. The zero-order valence-corrected chi connectivity index (χ0v) is 11.4. The summed E-state index contributed by atoms with van der Waals surface area (Å²) in [4.78, 5) is 16.0. The summed E-state index contributed by atoms with van der Waals surface area (Å²) in [7, 11) is 0. The Morgan fingerprint density at radius 1 is 1.00 bits per heavy atom. The van der Waals surface area contributed by atoms with Crippen LogP contribution in [0.1, 0.15) is 31.0 Å². The van der Waals surface area contributed by atoms with Crippen LogP contribution in [0.15, 0.2) is 41.2 Å². The lowest BCUT2D eigenvalue weighted by molar-refractivity contribution is 0.839. The van der Waals surface area contributed by atoms with E-state index in [-0.39, 0.29) is 11.3 Å². The van der Waals surface area contributed by atoms with Gasteiger partial charge in [0.2, 0.25) is 0 Å². The van der Waals surface area contributed by atoms with Crippen LogP contribution in [-0.2, 0) is 0 Å². The number of pyridine rings is 1. The highest BCUT2D eigenvalue weighted by Gasteiger charge is 2.13. The lowest BCUT2D eigenvalue weighted by atomic mass is 9.97. The summed E-state index contributed by atoms with van der Waals surface area (Å²) in [5.41, 5.74) is 2.98. The summed E-state index contributed by atoms with van der Waals surface area (Å²) >= 11 is 0. The van der Waals surface area contributed by atoms with E-state index >= 15 is 0 Å². The first kappa shape index (κ1) is 12.0. The molecule has 0 saturated heterocycles. The lowest BCUT2D eigenvalue weighted by Gasteiger charge is -2.12. The van der Waals surface area contributed by atoms with Crippen LogP contribution in [0.4, 0.5) is 0 Å². The summed E-state index contributed by atoms with van der Waals surface area (Å²) in [6.45, 7) is 6.10. The maximum Gasteiger partial charge on any atom is 0.193 e. The van der Waals surface area contributed by atoms with Crippen molar-refractivity contribution in [2.75, 3.05) is 0 Å². The van der Waals surface area contributed by atoms with E-state index in [0.717, 1.165) is 32.9 Å². The smallest absolute Gasteiger partial charge is 0.193 e. The molecule has 0 saturated carbocycles. The van der Waals surface area contributed by atoms with Gasteiger partial charge >= 0.3 is 0 Å². The molecule has 0 bridgehead atoms. The fraction of sp³-hybridized carbons (Fsp3) is 0.235. The molecule has 0 radical (unpaired) electrons. The molecule has 3 aromatic rings. The van der Waals surface area contributed by atoms with Crippen LogP contribution in [0.3, 0.4) is 0 Å². The molecule has 96 valence electrons. The third-order valence-electron chi connectivity index (χ3n) is 3.71. The van der Waals surface area contributed by atoms with Crippen molar-refractivity contribution in [1.82, 2.24) is 4.98 Å². The summed E-state index contributed by atoms with van der Waals surface area (Å²) in [5.74, 6) is 0.236. The largest absolute Gasteiger partial charge is 0.358 e. The van der Waals surface area contributed by atoms with Gasteiger partial charge in [0.15, 0.2) is 5.43 Å². The molecular formula is C17H17NO. The third-order valence-corrected chi connectivity index (χ3v) is 3.71. The molecule has 0 atom stereocenters. The minimum absolute atomic E-state index is 0.159. The first-order valence-electron chi connectivity index (χ1n) is 6.64. The Kier molecular flexibility index (Phi) is 2.67. The van der Waals surface area contributed by atoms with Gasteiger partial charge in [-0.15, -0.1) is 0 Å². The van der Waals surface area contributed by atoms with Crippen molar-refractivity contribution in [2.24, 2.45) is 0 Å². The minimum Gasteiger partial charge on any atom is -0.358 e. The number of aromatic nitrogens is 1. The Morgan fingerprint density at radius 3 is 2.47 bits per heavy atom. The number of nitrogens with one attached hydrogen (secondary N) is 1. The summed E-state index contributed by atoms with van der Waals surface area (Å²) in [5, 5.41) is 3.05. The van der Waals surface area contributed by atoms with Gasteiger partial charge in [-0.3, -0.25) is 4.79 Å². The third kappa shape index (κ3) is 1.75. The number of hydrogen-bond acceptors (Lipinski definition) is 1. The standard InChI is InChI=1S/C17H17NO/c1-10(2)15-11(3)18-16-13-7-5-4-6-12(13)8-9-14(16)17(15)19/h4-10H,1-3H3,(H,18,19). The van der Waals surface area contributed by atoms with E-state index in [1.54, 1.807) is 0 Å². The molecule has 19 heavy (non-hydrogen) atoms. The van der Waals surface area contributed by atoms with Crippen LogP contribution in [0, 0.1) is 6.92 Å². The number of hydrogen-bond donors (Lipinski definition) is 1. The van der Waals surface area contributed by atoms with Crippen LogP contribution >= 0.6 is 0 Å². The molecule has 3 rings (SSSR count). The van der Waals surface area contributed by atoms with E-state index in [9.17, 15) is 4.79 Å². The Balaban J connectivity index is 2.54. The Hall–Kier alpha value is -2.09. The molecule has 2 aromatic carbocycles. The average Bonchev–Trinajstić information content (AvgIpc) is 2.38. The van der Waals surface area contributed by atoms with Crippen molar-refractivity contribution in [3.63, 3.8) is 0 Å². The molecule has 2 heteroatoms. The second kappa shape index (κ2) is 4.23. The SMILES string of the molecule is Cc1[nH]c2c(ccc3ccccc32)c(=O)c1C(C)C. The van der Waals surface area contributed by atoms with Crippen LogP contribution in [0.2, 0.25) is 0 Å². The molecular weight excluding hydrogens is 234 g/mol. The molecule has 0 unspecified atom stereocenters. The van der Waals surface area contributed by atoms with E-state index < -0.39 is 0 Å². The fourth-order valence-electron chi connectivity index (χ4n) is 2.86. The van der Waals surface area contributed by atoms with Crippen molar-refractivity contribution in [3.8, 4) is 0 Å². The topological polar surface area (TPSA) is 32.9 Å². The second-order valence-corrected chi connectivity index (χ2v) is 5.36. The van der Waals surface area contributed by atoms with Crippen molar-refractivity contribution in [3.05, 3.63) is 57.9 Å². The van der Waals surface area contributed by atoms with Gasteiger partial charge in [-0.05, 0) is 24.3 Å². The maximum atomic E-state index is 12.6. The highest BCUT2D eigenvalue weighted by molar-refractivity contribution is 6.05. The Bertz CT molecular complexity index is 828. The normalized spacial score (nSPS) is 11.6. The van der Waals surface area contributed by atoms with E-state index in [0.29, 0.717) is 0 Å². The van der Waals surface area contributed by atoms with E-state index in [1.807, 2.05) is 31.2 Å². The first-order valence-corrected chi connectivity index (χ1v) is 6.64. The highest BCUT2D eigenvalue weighted by Crippen LogP contribution is 2.24. The predicted octanol–water partition coefficient (Wildman–Crippen LogP) is 4.11. The molecule has 0 aliphatic heterocycles. The van der Waals surface area contributed by atoms with Crippen molar-refractivity contribution >= 4 is 21.7 Å². The summed E-state index contributed by atoms with van der Waals surface area (Å²) in [6, 6.07) is 12.1. The van der Waals surface area contributed by atoms with E-state index in [4.69, 9.17) is 0 Å². The number of aryl methyl sites for hydroxylation is 1. The molecule has 0 aliphatic rings. The molecule has 1 heterocycles. The summed E-state index contributed by atoms with van der Waals surface area (Å²) < 4.78 is 0. The zero-order valence-electron chi connectivity index (χ0n) is 11.4. The molecule has 2 nitrogen and oxygen atoms in total. The maximum absolute atomic E-state index is 12.6. The van der Waals surface area contributed by atoms with E-state index in [1.165, 1.54) is 0 Å². The van der Waals surface area contributed by atoms with Crippen molar-refractivity contribution < 1.29 is 0 Å². The van der Waals surface area contributed by atoms with Gasteiger partial charge in [0.1, 0.15) is 0 Å². The predicted molar refractivity (Wildman–Crippen MR) is 80.9 cm³/mol. The number of aromatic amines is 1. The van der Waals surface area contributed by atoms with Crippen LogP contribution in [0.5, 0.6) is 0 Å². The van der Waals surface area contributed by atoms with Gasteiger partial charge in [-0.1, -0.05) is 44.2 Å². The highest BCUT2D eigenvalue weighted by atomic mass is 16.1. The number of benzene rings is 2. The van der Waals surface area contributed by atoms with Crippen LogP contribution in [-0.4, -0.2) is 4.98 Å². The lowest BCUT2D eigenvalue weighted by Crippen LogP contribution is -2.14. The van der Waals surface area contributed by atoms with Gasteiger partial charge in [0, 0.05) is 22.0 Å². The van der Waals surface area contributed by atoms with Gasteiger partial charge in [0.25, 0.3) is 0 Å². The van der Waals surface area contributed by atoms with E-state index in [2.05, 4.69) is 31.0 Å². The van der Waals surface area contributed by atoms with Crippen LogP contribution < -0.4 is 5.43 Å². The molecule has 0 aliphatic carbocycles. The monoisotopic (exact) mass is 251 g/mol. The van der Waals surface area contributed by atoms with Gasteiger partial charge in [-0.2, -0.15) is 0 Å². The molecule has 1 N–H and O–H groups in total. The Labute approximate surface area is 112 Å². The minimum atomic E-state index is 0.159. The molecule has 0 fully saturated rings. The quantitative estimate of drug-likeness (QED) is 0.648.